The second-order valence-electron chi connectivity index (χ2n) is 14.4. The Labute approximate surface area is 289 Å². The zero-order valence-electron chi connectivity index (χ0n) is 27.5. The monoisotopic (exact) mass is 697 g/mol. The largest absolute Gasteiger partial charge is 0.465 e. The van der Waals surface area contributed by atoms with Crippen molar-refractivity contribution in [2.24, 2.45) is 23.2 Å². The number of hydrogen-bond donors (Lipinski definition) is 1. The number of imidazole rings is 1. The van der Waals surface area contributed by atoms with Crippen molar-refractivity contribution in [3.8, 4) is 22.4 Å². The molecular weight excluding hydrogens is 664 g/mol. The highest BCUT2D eigenvalue weighted by molar-refractivity contribution is 7.22. The molecule has 0 amide bonds. The first-order valence-electron chi connectivity index (χ1n) is 16.9. The summed E-state index contributed by atoms with van der Waals surface area (Å²) in [6.45, 7) is 2.89. The number of halogens is 3. The van der Waals surface area contributed by atoms with Crippen molar-refractivity contribution in [1.29, 1.82) is 0 Å². The van der Waals surface area contributed by atoms with Crippen molar-refractivity contribution >= 4 is 44.1 Å². The first kappa shape index (κ1) is 31.2. The van der Waals surface area contributed by atoms with Crippen LogP contribution in [0.15, 0.2) is 61.2 Å². The number of nitrogens with one attached hydrogen (secondary N) is 1. The quantitative estimate of drug-likeness (QED) is 0.166. The Bertz CT molecular complexity index is 2240. The highest BCUT2D eigenvalue weighted by Crippen LogP contribution is 2.60. The van der Waals surface area contributed by atoms with Gasteiger partial charge in [-0.3, -0.25) is 9.08 Å². The van der Waals surface area contributed by atoms with E-state index in [1.807, 2.05) is 25.1 Å². The average molecular weight is 698 g/mol. The second-order valence-corrected chi connectivity index (χ2v) is 15.4. The molecule has 0 radical (unpaired) electrons. The van der Waals surface area contributed by atoms with Crippen LogP contribution >= 0.6 is 11.3 Å². The van der Waals surface area contributed by atoms with Crippen molar-refractivity contribution in [3.05, 3.63) is 78.0 Å². The molecular formula is C37H34F3N7O2S. The van der Waals surface area contributed by atoms with E-state index < -0.39 is 17.7 Å². The van der Waals surface area contributed by atoms with Crippen molar-refractivity contribution in [2.45, 2.75) is 58.2 Å². The molecule has 0 atom stereocenters. The predicted molar refractivity (Wildman–Crippen MR) is 184 cm³/mol. The number of hydrogen-bond acceptors (Lipinski definition) is 8. The molecule has 0 unspecified atom stereocenters. The van der Waals surface area contributed by atoms with Crippen molar-refractivity contribution < 1.29 is 22.7 Å². The summed E-state index contributed by atoms with van der Waals surface area (Å²) in [6.07, 6.45) is 9.51. The fourth-order valence-corrected chi connectivity index (χ4v) is 10.3. The molecule has 4 aliphatic rings. The maximum Gasteiger partial charge on any atom is 0.419 e. The fraction of sp³-hybridized carbons (Fsp3) is 0.378. The van der Waals surface area contributed by atoms with Crippen LogP contribution in [0.4, 0.5) is 24.1 Å². The van der Waals surface area contributed by atoms with Gasteiger partial charge in [-0.15, -0.1) is 0 Å². The Hall–Kier alpha value is -4.78. The predicted octanol–water partition coefficient (Wildman–Crippen LogP) is 8.94. The van der Waals surface area contributed by atoms with Crippen molar-refractivity contribution in [3.63, 3.8) is 0 Å². The number of nitrogens with zero attached hydrogens (tertiary/aromatic N) is 6. The van der Waals surface area contributed by atoms with Crippen molar-refractivity contribution in [2.75, 3.05) is 12.4 Å². The van der Waals surface area contributed by atoms with Gasteiger partial charge in [-0.2, -0.15) is 18.3 Å². The molecule has 10 rings (SSSR count). The summed E-state index contributed by atoms with van der Waals surface area (Å²) < 4.78 is 53.1. The third-order valence-electron chi connectivity index (χ3n) is 11.1. The zero-order chi connectivity index (χ0) is 34.4. The van der Waals surface area contributed by atoms with Crippen LogP contribution in [0.2, 0.25) is 0 Å². The lowest BCUT2D eigenvalue weighted by atomic mass is 9.49. The number of fused-ring (bicyclic) bond motifs is 2. The third kappa shape index (κ3) is 5.16. The van der Waals surface area contributed by atoms with E-state index in [-0.39, 0.29) is 28.0 Å². The molecule has 50 heavy (non-hydrogen) atoms. The summed E-state index contributed by atoms with van der Waals surface area (Å²) in [4.78, 5) is 26.5. The summed E-state index contributed by atoms with van der Waals surface area (Å²) in [5.74, 6) is 1.53. The van der Waals surface area contributed by atoms with Gasteiger partial charge in [0.2, 0.25) is 0 Å². The van der Waals surface area contributed by atoms with Crippen LogP contribution < -0.4 is 5.32 Å². The fourth-order valence-electron chi connectivity index (χ4n) is 9.41. The van der Waals surface area contributed by atoms with Gasteiger partial charge < -0.3 is 10.1 Å². The summed E-state index contributed by atoms with van der Waals surface area (Å²) in [5.41, 5.74) is 3.39. The number of methoxy groups -OCH3 is 1. The van der Waals surface area contributed by atoms with Gasteiger partial charge in [-0.1, -0.05) is 23.5 Å². The third-order valence-corrected chi connectivity index (χ3v) is 12.1. The van der Waals surface area contributed by atoms with Crippen LogP contribution in [-0.4, -0.2) is 42.2 Å². The molecule has 0 aliphatic heterocycles. The van der Waals surface area contributed by atoms with E-state index in [0.29, 0.717) is 21.9 Å². The van der Waals surface area contributed by atoms with E-state index in [9.17, 15) is 18.0 Å². The van der Waals surface area contributed by atoms with Crippen LogP contribution in [0.1, 0.15) is 60.1 Å². The summed E-state index contributed by atoms with van der Waals surface area (Å²) in [6, 6.07) is 10.1. The Morgan fingerprint density at radius 3 is 2.46 bits per heavy atom. The molecule has 1 N–H and O–H groups in total. The Morgan fingerprint density at radius 1 is 1.02 bits per heavy atom. The minimum atomic E-state index is -4.71. The maximum absolute atomic E-state index is 14.4. The number of carbonyl (C=O) groups is 1. The molecule has 5 aromatic heterocycles. The number of anilines is 2. The van der Waals surface area contributed by atoms with E-state index in [1.165, 1.54) is 69.4 Å². The standard InChI is InChI=1S/C37H34F3N7O2S/c1-20-26(17-43-47(20)19-36-13-21-9-22(14-36)11-23(10-21)15-36)25-7-8-46-29(18-42-33(46)31(25)34(48)49-2)24-12-27(37(38,39)40)32(41-16-24)45-35-44-28-5-3-4-6-30(28)50-35/h3-8,12,16-18,21-23H,9-11,13-15,19H2,1-2H3,(H,41,44,45). The van der Waals surface area contributed by atoms with Gasteiger partial charge >= 0.3 is 12.1 Å². The normalized spacial score (nSPS) is 22.9. The van der Waals surface area contributed by atoms with Gasteiger partial charge in [0.1, 0.15) is 11.4 Å². The highest BCUT2D eigenvalue weighted by atomic mass is 32.1. The van der Waals surface area contributed by atoms with Gasteiger partial charge in [-0.25, -0.2) is 19.7 Å². The highest BCUT2D eigenvalue weighted by Gasteiger charge is 2.51. The number of aromatic nitrogens is 6. The number of para-hydroxylation sites is 1. The number of benzene rings is 1. The van der Waals surface area contributed by atoms with Crippen LogP contribution in [-0.2, 0) is 17.5 Å². The van der Waals surface area contributed by atoms with E-state index in [4.69, 9.17) is 9.84 Å². The van der Waals surface area contributed by atoms with E-state index in [1.54, 1.807) is 28.9 Å². The van der Waals surface area contributed by atoms with Gasteiger partial charge in [0.25, 0.3) is 0 Å². The smallest absolute Gasteiger partial charge is 0.419 e. The molecule has 6 aromatic rings. The molecule has 4 fully saturated rings. The van der Waals surface area contributed by atoms with Gasteiger partial charge in [0.15, 0.2) is 10.8 Å². The van der Waals surface area contributed by atoms with Crippen molar-refractivity contribution in [1.82, 2.24) is 29.1 Å². The Balaban J connectivity index is 1.07. The number of rotatable bonds is 7. The number of alkyl halides is 3. The molecule has 13 heteroatoms. The Morgan fingerprint density at radius 2 is 1.76 bits per heavy atom. The Kier molecular flexibility index (Phi) is 7.10. The maximum atomic E-state index is 14.4. The molecule has 256 valence electrons. The molecule has 0 spiro atoms. The lowest BCUT2D eigenvalue weighted by molar-refractivity contribution is -0.137. The first-order valence-corrected chi connectivity index (χ1v) is 17.7. The molecule has 4 bridgehead atoms. The zero-order valence-corrected chi connectivity index (χ0v) is 28.3. The molecule has 4 saturated carbocycles. The number of ether oxygens (including phenoxy) is 1. The minimum absolute atomic E-state index is 0.183. The SMILES string of the molecule is COC(=O)c1c(-c2cnn(CC34CC5CC(CC(C5)C3)C4)c2C)ccn2c(-c3cnc(Nc4nc5ccccc5s4)c(C(F)(F)F)c3)cnc12. The number of pyridine rings is 2. The van der Waals surface area contributed by atoms with E-state index in [0.717, 1.165) is 46.3 Å². The molecule has 0 saturated heterocycles. The summed E-state index contributed by atoms with van der Waals surface area (Å²) >= 11 is 1.24. The summed E-state index contributed by atoms with van der Waals surface area (Å²) in [7, 11) is 1.31. The number of carbonyl (C=O) groups excluding carboxylic acids is 1. The average Bonchev–Trinajstić information content (AvgIpc) is 3.79. The van der Waals surface area contributed by atoms with Crippen LogP contribution in [0.3, 0.4) is 0 Å². The van der Waals surface area contributed by atoms with E-state index in [2.05, 4.69) is 25.0 Å². The van der Waals surface area contributed by atoms with Gasteiger partial charge in [0, 0.05) is 41.3 Å². The lowest BCUT2D eigenvalue weighted by Gasteiger charge is -2.56. The number of thiazole rings is 1. The molecule has 5 heterocycles. The number of esters is 1. The van der Waals surface area contributed by atoms with Crippen LogP contribution in [0.25, 0.3) is 38.2 Å². The van der Waals surface area contributed by atoms with E-state index >= 15 is 0 Å². The van der Waals surface area contributed by atoms with Gasteiger partial charge in [-0.05, 0) is 92.9 Å². The van der Waals surface area contributed by atoms with Crippen LogP contribution in [0.5, 0.6) is 0 Å². The lowest BCUT2D eigenvalue weighted by Crippen LogP contribution is -2.48. The second kappa shape index (κ2) is 11.4. The van der Waals surface area contributed by atoms with Gasteiger partial charge in [0.05, 0.1) is 41.0 Å². The molecule has 4 aliphatic carbocycles. The first-order chi connectivity index (χ1) is 24.1. The minimum Gasteiger partial charge on any atom is -0.465 e. The summed E-state index contributed by atoms with van der Waals surface area (Å²) in [5, 5.41) is 7.90. The molecule has 1 aromatic carbocycles. The molecule has 9 nitrogen and oxygen atoms in total. The topological polar surface area (TPSA) is 99.2 Å². The van der Waals surface area contributed by atoms with Crippen LogP contribution in [0, 0.1) is 30.1 Å².